The molecule has 7 heteroatoms. The highest BCUT2D eigenvalue weighted by atomic mass is 35.5. The number of carbonyl (C=O) groups excluding carboxylic acids is 1. The van der Waals surface area contributed by atoms with E-state index in [4.69, 9.17) is 11.6 Å². The first-order chi connectivity index (χ1) is 12.5. The average Bonchev–Trinajstić information content (AvgIpc) is 2.96. The standard InChI is InChI=1S/C19H19ClN4OS/c1-12(2)23-24-19-21-17(18(25)22-19)11-13-3-7-15(8-4-13)26-16-9-5-14(20)6-10-16/h3-10,17H,11H2,1-2H3,(H2,21,22,24,25). The number of benzene rings is 2. The van der Waals surface area contributed by atoms with Crippen LogP contribution >= 0.6 is 23.4 Å². The van der Waals surface area contributed by atoms with Crippen LogP contribution in [0.1, 0.15) is 19.4 Å². The molecule has 2 aromatic rings. The highest BCUT2D eigenvalue weighted by molar-refractivity contribution is 7.99. The minimum atomic E-state index is -0.431. The Morgan fingerprint density at radius 2 is 1.77 bits per heavy atom. The van der Waals surface area contributed by atoms with Gasteiger partial charge in [-0.1, -0.05) is 35.5 Å². The zero-order chi connectivity index (χ0) is 18.5. The highest BCUT2D eigenvalue weighted by Crippen LogP contribution is 2.29. The predicted octanol–water partition coefficient (Wildman–Crippen LogP) is 3.87. The fraction of sp³-hybridized carbons (Fsp3) is 0.211. The van der Waals surface area contributed by atoms with Crippen molar-refractivity contribution in [2.75, 3.05) is 0 Å². The Morgan fingerprint density at radius 3 is 2.38 bits per heavy atom. The molecule has 3 rings (SSSR count). The number of hydrazone groups is 1. The summed E-state index contributed by atoms with van der Waals surface area (Å²) in [7, 11) is 0. The lowest BCUT2D eigenvalue weighted by Gasteiger charge is -2.06. The smallest absolute Gasteiger partial charge is 0.251 e. The molecule has 0 bridgehead atoms. The third-order valence-electron chi connectivity index (χ3n) is 3.62. The number of nitrogens with one attached hydrogen (secondary N) is 2. The maximum absolute atomic E-state index is 12.0. The molecule has 1 amide bonds. The molecule has 134 valence electrons. The van der Waals surface area contributed by atoms with Crippen molar-refractivity contribution in [1.29, 1.82) is 0 Å². The monoisotopic (exact) mass is 386 g/mol. The lowest BCUT2D eigenvalue weighted by atomic mass is 10.1. The van der Waals surface area contributed by atoms with Gasteiger partial charge in [0, 0.05) is 26.9 Å². The van der Waals surface area contributed by atoms with Gasteiger partial charge in [-0.25, -0.2) is 10.4 Å². The van der Waals surface area contributed by atoms with Crippen LogP contribution in [0.25, 0.3) is 0 Å². The van der Waals surface area contributed by atoms with E-state index in [0.29, 0.717) is 12.4 Å². The zero-order valence-electron chi connectivity index (χ0n) is 14.5. The number of amides is 1. The van der Waals surface area contributed by atoms with Gasteiger partial charge >= 0.3 is 0 Å². The van der Waals surface area contributed by atoms with E-state index in [-0.39, 0.29) is 5.91 Å². The second-order valence-electron chi connectivity index (χ2n) is 6.06. The molecule has 1 unspecified atom stereocenters. The summed E-state index contributed by atoms with van der Waals surface area (Å²) >= 11 is 7.58. The number of hydrogen-bond acceptors (Lipinski definition) is 5. The van der Waals surface area contributed by atoms with Gasteiger partial charge in [0.2, 0.25) is 5.96 Å². The van der Waals surface area contributed by atoms with Gasteiger partial charge in [0.15, 0.2) is 0 Å². The van der Waals surface area contributed by atoms with Gasteiger partial charge < -0.3 is 0 Å². The lowest BCUT2D eigenvalue weighted by molar-refractivity contribution is -0.120. The van der Waals surface area contributed by atoms with Crippen LogP contribution in [-0.2, 0) is 11.2 Å². The van der Waals surface area contributed by atoms with E-state index in [9.17, 15) is 4.79 Å². The summed E-state index contributed by atoms with van der Waals surface area (Å²) < 4.78 is 0. The summed E-state index contributed by atoms with van der Waals surface area (Å²) in [6, 6.07) is 15.5. The average molecular weight is 387 g/mol. The van der Waals surface area contributed by atoms with Crippen molar-refractivity contribution in [3.63, 3.8) is 0 Å². The molecule has 5 nitrogen and oxygen atoms in total. The van der Waals surface area contributed by atoms with E-state index in [1.165, 1.54) is 0 Å². The van der Waals surface area contributed by atoms with Gasteiger partial charge in [-0.3, -0.25) is 10.1 Å². The number of rotatable bonds is 5. The third-order valence-corrected chi connectivity index (χ3v) is 4.88. The summed E-state index contributed by atoms with van der Waals surface area (Å²) in [6.07, 6.45) is 0.553. The van der Waals surface area contributed by atoms with Crippen LogP contribution in [0.5, 0.6) is 0 Å². The molecule has 1 heterocycles. The molecule has 26 heavy (non-hydrogen) atoms. The van der Waals surface area contributed by atoms with Crippen LogP contribution < -0.4 is 10.7 Å². The van der Waals surface area contributed by atoms with E-state index in [2.05, 4.69) is 33.0 Å². The number of aliphatic imine (C=N–C) groups is 1. The topological polar surface area (TPSA) is 65.8 Å². The number of halogens is 1. The van der Waals surface area contributed by atoms with Crippen molar-refractivity contribution >= 4 is 40.9 Å². The van der Waals surface area contributed by atoms with Crippen LogP contribution in [0, 0.1) is 0 Å². The van der Waals surface area contributed by atoms with E-state index >= 15 is 0 Å². The molecule has 0 radical (unpaired) electrons. The van der Waals surface area contributed by atoms with Crippen molar-refractivity contribution in [3.05, 3.63) is 59.1 Å². The van der Waals surface area contributed by atoms with Crippen LogP contribution in [-0.4, -0.2) is 23.6 Å². The van der Waals surface area contributed by atoms with Gasteiger partial charge in [-0.05, 0) is 55.8 Å². The van der Waals surface area contributed by atoms with Crippen LogP contribution in [0.3, 0.4) is 0 Å². The Kier molecular flexibility index (Phi) is 5.96. The molecule has 0 saturated carbocycles. The molecule has 0 aromatic heterocycles. The van der Waals surface area contributed by atoms with Crippen molar-refractivity contribution < 1.29 is 4.79 Å². The largest absolute Gasteiger partial charge is 0.293 e. The quantitative estimate of drug-likeness (QED) is 0.605. The second-order valence-corrected chi connectivity index (χ2v) is 7.64. The molecular formula is C19H19ClN4OS. The van der Waals surface area contributed by atoms with Crippen molar-refractivity contribution in [3.8, 4) is 0 Å². The Balaban J connectivity index is 1.61. The molecule has 0 aliphatic carbocycles. The molecule has 1 aliphatic heterocycles. The molecule has 2 N–H and O–H groups in total. The Bertz CT molecular complexity index is 843. The number of carbonyl (C=O) groups is 1. The molecule has 0 spiro atoms. The fourth-order valence-electron chi connectivity index (χ4n) is 2.36. The van der Waals surface area contributed by atoms with Gasteiger partial charge in [-0.2, -0.15) is 5.10 Å². The molecule has 1 aliphatic rings. The van der Waals surface area contributed by atoms with Crippen molar-refractivity contribution in [1.82, 2.24) is 10.7 Å². The van der Waals surface area contributed by atoms with Gasteiger partial charge in [-0.15, -0.1) is 0 Å². The molecular weight excluding hydrogens is 368 g/mol. The number of hydrogen-bond donors (Lipinski definition) is 2. The lowest BCUT2D eigenvalue weighted by Crippen LogP contribution is -2.35. The Labute approximate surface area is 161 Å². The fourth-order valence-corrected chi connectivity index (χ4v) is 3.30. The predicted molar refractivity (Wildman–Crippen MR) is 107 cm³/mol. The molecule has 0 saturated heterocycles. The first-order valence-electron chi connectivity index (χ1n) is 8.17. The zero-order valence-corrected chi connectivity index (χ0v) is 16.1. The maximum atomic E-state index is 12.0. The van der Waals surface area contributed by atoms with E-state index in [1.54, 1.807) is 11.8 Å². The van der Waals surface area contributed by atoms with Gasteiger partial charge in [0.1, 0.15) is 6.04 Å². The first-order valence-corrected chi connectivity index (χ1v) is 9.37. The third kappa shape index (κ3) is 5.09. The van der Waals surface area contributed by atoms with E-state index < -0.39 is 6.04 Å². The highest BCUT2D eigenvalue weighted by Gasteiger charge is 2.26. The molecule has 2 aromatic carbocycles. The summed E-state index contributed by atoms with van der Waals surface area (Å²) in [6.45, 7) is 3.73. The minimum Gasteiger partial charge on any atom is -0.293 e. The Morgan fingerprint density at radius 1 is 1.15 bits per heavy atom. The second kappa shape index (κ2) is 8.38. The first kappa shape index (κ1) is 18.5. The molecule has 0 fully saturated rings. The van der Waals surface area contributed by atoms with Gasteiger partial charge in [0.25, 0.3) is 5.91 Å². The summed E-state index contributed by atoms with van der Waals surface area (Å²) in [5, 5.41) is 7.49. The minimum absolute atomic E-state index is 0.115. The normalized spacial score (nSPS) is 16.0. The van der Waals surface area contributed by atoms with E-state index in [1.807, 2.05) is 50.2 Å². The summed E-state index contributed by atoms with van der Waals surface area (Å²) in [5.74, 6) is 0.284. The van der Waals surface area contributed by atoms with Gasteiger partial charge in [0.05, 0.1) is 0 Å². The van der Waals surface area contributed by atoms with Crippen LogP contribution in [0.2, 0.25) is 5.02 Å². The number of nitrogens with zero attached hydrogens (tertiary/aromatic N) is 2. The maximum Gasteiger partial charge on any atom is 0.251 e. The van der Waals surface area contributed by atoms with Crippen molar-refractivity contribution in [2.24, 2.45) is 10.1 Å². The Hall–Kier alpha value is -2.31. The number of guanidine groups is 1. The summed E-state index contributed by atoms with van der Waals surface area (Å²) in [5.41, 5.74) is 4.68. The summed E-state index contributed by atoms with van der Waals surface area (Å²) in [4.78, 5) is 18.7. The van der Waals surface area contributed by atoms with Crippen LogP contribution in [0.4, 0.5) is 0 Å². The molecule has 1 atom stereocenters. The van der Waals surface area contributed by atoms with Crippen LogP contribution in [0.15, 0.2) is 68.4 Å². The van der Waals surface area contributed by atoms with Crippen molar-refractivity contribution in [2.45, 2.75) is 36.1 Å². The SMILES string of the molecule is CC(C)=NNC1=NC(Cc2ccc(Sc3ccc(Cl)cc3)cc2)C(=O)N1. The van der Waals surface area contributed by atoms with E-state index in [0.717, 1.165) is 26.1 Å².